The van der Waals surface area contributed by atoms with Gasteiger partial charge in [-0.05, 0) is 24.5 Å². The molecule has 0 radical (unpaired) electrons. The smallest absolute Gasteiger partial charge is 0.269 e. The first-order valence-corrected chi connectivity index (χ1v) is 10.4. The molecule has 0 unspecified atom stereocenters. The SMILES string of the molecule is O=C(CSc1n[nH]c(CCC2CCCC2)n1)NNC(=O)c1ccc([N+](=O)[O-])cc1. The fourth-order valence-electron chi connectivity index (χ4n) is 3.19. The van der Waals surface area contributed by atoms with Gasteiger partial charge in [-0.3, -0.25) is 35.7 Å². The number of hydrogen-bond donors (Lipinski definition) is 3. The van der Waals surface area contributed by atoms with E-state index in [1.54, 1.807) is 0 Å². The summed E-state index contributed by atoms with van der Waals surface area (Å²) in [5.74, 6) is 0.668. The van der Waals surface area contributed by atoms with Crippen LogP contribution in [0.2, 0.25) is 0 Å². The molecule has 0 bridgehead atoms. The Hall–Kier alpha value is -2.95. The van der Waals surface area contributed by atoms with Gasteiger partial charge >= 0.3 is 0 Å². The van der Waals surface area contributed by atoms with Crippen molar-refractivity contribution in [2.75, 3.05) is 5.75 Å². The van der Waals surface area contributed by atoms with Crippen molar-refractivity contribution in [3.05, 3.63) is 45.8 Å². The normalized spacial score (nSPS) is 13.9. The fraction of sp³-hybridized carbons (Fsp3) is 0.444. The number of H-pyrrole nitrogens is 1. The number of carbonyl (C=O) groups excluding carboxylic acids is 2. The van der Waals surface area contributed by atoms with E-state index in [-0.39, 0.29) is 17.0 Å². The van der Waals surface area contributed by atoms with Crippen molar-refractivity contribution in [3.63, 3.8) is 0 Å². The molecular formula is C18H22N6O4S. The average Bonchev–Trinajstić information content (AvgIpc) is 3.40. The predicted octanol–water partition coefficient (Wildman–Crippen LogP) is 2.39. The summed E-state index contributed by atoms with van der Waals surface area (Å²) < 4.78 is 0. The highest BCUT2D eigenvalue weighted by molar-refractivity contribution is 7.99. The number of nitrogens with one attached hydrogen (secondary N) is 3. The molecule has 29 heavy (non-hydrogen) atoms. The zero-order valence-electron chi connectivity index (χ0n) is 15.7. The summed E-state index contributed by atoms with van der Waals surface area (Å²) in [6, 6.07) is 5.07. The maximum absolute atomic E-state index is 12.0. The lowest BCUT2D eigenvalue weighted by atomic mass is 10.0. The molecule has 1 saturated carbocycles. The van der Waals surface area contributed by atoms with Crippen LogP contribution in [0.4, 0.5) is 5.69 Å². The average molecular weight is 418 g/mol. The number of hydrogen-bond acceptors (Lipinski definition) is 7. The van der Waals surface area contributed by atoms with Gasteiger partial charge in [0.1, 0.15) is 5.82 Å². The number of carbonyl (C=O) groups is 2. The first kappa shape index (κ1) is 20.8. The second kappa shape index (κ2) is 10.0. The van der Waals surface area contributed by atoms with E-state index in [0.717, 1.165) is 24.6 Å². The third-order valence-corrected chi connectivity index (χ3v) is 5.61. The van der Waals surface area contributed by atoms with Crippen molar-refractivity contribution in [1.82, 2.24) is 26.0 Å². The molecule has 0 atom stereocenters. The van der Waals surface area contributed by atoms with Crippen molar-refractivity contribution in [2.45, 2.75) is 43.7 Å². The van der Waals surface area contributed by atoms with Gasteiger partial charge in [-0.25, -0.2) is 4.98 Å². The van der Waals surface area contributed by atoms with Gasteiger partial charge in [0, 0.05) is 24.1 Å². The Morgan fingerprint density at radius 2 is 1.93 bits per heavy atom. The molecule has 0 spiro atoms. The molecule has 3 rings (SSSR count). The molecule has 11 heteroatoms. The van der Waals surface area contributed by atoms with E-state index < -0.39 is 16.7 Å². The van der Waals surface area contributed by atoms with Crippen LogP contribution in [-0.2, 0) is 11.2 Å². The Balaban J connectivity index is 1.37. The lowest BCUT2D eigenvalue weighted by Gasteiger charge is -2.06. The first-order valence-electron chi connectivity index (χ1n) is 9.39. The molecule has 1 aliphatic rings. The highest BCUT2D eigenvalue weighted by Gasteiger charge is 2.16. The number of nitro groups is 1. The van der Waals surface area contributed by atoms with Crippen LogP contribution in [0.3, 0.4) is 0 Å². The standard InChI is InChI=1S/C18H22N6O4S/c25-16(21-22-17(26)13-6-8-14(9-7-13)24(27)28)11-29-18-19-15(20-23-18)10-5-12-3-1-2-4-12/h6-9,12H,1-5,10-11H2,(H,21,25)(H,22,26)(H,19,20,23). The van der Waals surface area contributed by atoms with Gasteiger partial charge < -0.3 is 0 Å². The number of non-ortho nitro benzene ring substituents is 1. The molecule has 2 aromatic rings. The van der Waals surface area contributed by atoms with E-state index >= 15 is 0 Å². The lowest BCUT2D eigenvalue weighted by Crippen LogP contribution is -2.42. The van der Waals surface area contributed by atoms with Crippen molar-refractivity contribution >= 4 is 29.3 Å². The van der Waals surface area contributed by atoms with Crippen molar-refractivity contribution < 1.29 is 14.5 Å². The summed E-state index contributed by atoms with van der Waals surface area (Å²) in [7, 11) is 0. The Bertz CT molecular complexity index is 863. The monoisotopic (exact) mass is 418 g/mol. The number of nitrogens with zero attached hydrogens (tertiary/aromatic N) is 3. The molecule has 10 nitrogen and oxygen atoms in total. The molecule has 1 aliphatic carbocycles. The maximum atomic E-state index is 12.0. The van der Waals surface area contributed by atoms with Gasteiger partial charge in [0.25, 0.3) is 11.6 Å². The van der Waals surface area contributed by atoms with E-state index in [9.17, 15) is 19.7 Å². The van der Waals surface area contributed by atoms with E-state index in [0.29, 0.717) is 5.16 Å². The number of aryl methyl sites for hydroxylation is 1. The minimum atomic E-state index is -0.564. The Morgan fingerprint density at radius 3 is 2.62 bits per heavy atom. The van der Waals surface area contributed by atoms with Crippen LogP contribution in [0.1, 0.15) is 48.3 Å². The minimum absolute atomic E-state index is 0.0421. The van der Waals surface area contributed by atoms with Crippen molar-refractivity contribution in [1.29, 1.82) is 0 Å². The highest BCUT2D eigenvalue weighted by Crippen LogP contribution is 2.28. The largest absolute Gasteiger partial charge is 0.272 e. The molecule has 1 fully saturated rings. The van der Waals surface area contributed by atoms with Crippen LogP contribution in [0.5, 0.6) is 0 Å². The van der Waals surface area contributed by atoms with E-state index in [4.69, 9.17) is 0 Å². The summed E-state index contributed by atoms with van der Waals surface area (Å²) in [4.78, 5) is 38.3. The highest BCUT2D eigenvalue weighted by atomic mass is 32.2. The Labute approximate surface area is 171 Å². The number of aromatic nitrogens is 3. The zero-order chi connectivity index (χ0) is 20.6. The third-order valence-electron chi connectivity index (χ3n) is 4.76. The topological polar surface area (TPSA) is 143 Å². The van der Waals surface area contributed by atoms with Crippen LogP contribution in [0.15, 0.2) is 29.4 Å². The van der Waals surface area contributed by atoms with Crippen LogP contribution in [0.25, 0.3) is 0 Å². The molecule has 0 saturated heterocycles. The summed E-state index contributed by atoms with van der Waals surface area (Å²) >= 11 is 1.17. The minimum Gasteiger partial charge on any atom is -0.272 e. The van der Waals surface area contributed by atoms with Gasteiger partial charge in [-0.15, -0.1) is 5.10 Å². The molecule has 2 amide bonds. The molecule has 0 aliphatic heterocycles. The molecule has 3 N–H and O–H groups in total. The molecule has 154 valence electrons. The van der Waals surface area contributed by atoms with Crippen LogP contribution >= 0.6 is 11.8 Å². The second-order valence-electron chi connectivity index (χ2n) is 6.85. The summed E-state index contributed by atoms with van der Waals surface area (Å²) in [6.45, 7) is 0. The molecule has 1 aromatic heterocycles. The van der Waals surface area contributed by atoms with E-state index in [2.05, 4.69) is 26.0 Å². The third kappa shape index (κ3) is 6.28. The molecule has 1 aromatic carbocycles. The predicted molar refractivity (Wildman–Crippen MR) is 106 cm³/mol. The summed E-state index contributed by atoms with van der Waals surface area (Å²) in [6.07, 6.45) is 7.18. The van der Waals surface area contributed by atoms with Crippen LogP contribution in [-0.4, -0.2) is 37.7 Å². The van der Waals surface area contributed by atoms with Crippen molar-refractivity contribution in [3.8, 4) is 0 Å². The maximum Gasteiger partial charge on any atom is 0.269 e. The van der Waals surface area contributed by atoms with E-state index in [1.807, 2.05) is 0 Å². The number of benzene rings is 1. The van der Waals surface area contributed by atoms with Gasteiger partial charge in [0.15, 0.2) is 0 Å². The number of thioether (sulfide) groups is 1. The second-order valence-corrected chi connectivity index (χ2v) is 7.79. The molecule has 1 heterocycles. The van der Waals surface area contributed by atoms with Gasteiger partial charge in [-0.1, -0.05) is 37.4 Å². The van der Waals surface area contributed by atoms with Gasteiger partial charge in [0.05, 0.1) is 10.7 Å². The number of aromatic amines is 1. The Morgan fingerprint density at radius 1 is 1.21 bits per heavy atom. The summed E-state index contributed by atoms with van der Waals surface area (Å²) in [5.41, 5.74) is 4.65. The Kier molecular flexibility index (Phi) is 7.17. The van der Waals surface area contributed by atoms with Gasteiger partial charge in [0.2, 0.25) is 11.1 Å². The van der Waals surface area contributed by atoms with Crippen LogP contribution in [0, 0.1) is 16.0 Å². The first-order chi connectivity index (χ1) is 14.0. The zero-order valence-corrected chi connectivity index (χ0v) is 16.5. The number of rotatable bonds is 8. The van der Waals surface area contributed by atoms with Crippen LogP contribution < -0.4 is 10.9 Å². The number of nitro benzene ring substituents is 1. The van der Waals surface area contributed by atoms with Crippen molar-refractivity contribution in [2.24, 2.45) is 5.92 Å². The fourth-order valence-corrected chi connectivity index (χ4v) is 3.81. The number of amides is 2. The van der Waals surface area contributed by atoms with Gasteiger partial charge in [-0.2, -0.15) is 0 Å². The summed E-state index contributed by atoms with van der Waals surface area (Å²) in [5, 5.41) is 18.1. The number of hydrazine groups is 1. The quantitative estimate of drug-likeness (QED) is 0.339. The molecular weight excluding hydrogens is 396 g/mol. The lowest BCUT2D eigenvalue weighted by molar-refractivity contribution is -0.384. The van der Waals surface area contributed by atoms with E-state index in [1.165, 1.54) is 61.7 Å².